The first-order valence-corrected chi connectivity index (χ1v) is 6.38. The number of aromatic nitrogens is 1. The summed E-state index contributed by atoms with van der Waals surface area (Å²) in [7, 11) is 0. The van der Waals surface area contributed by atoms with Gasteiger partial charge in [-0.2, -0.15) is 0 Å². The zero-order valence-electron chi connectivity index (χ0n) is 10.00. The van der Waals surface area contributed by atoms with Gasteiger partial charge in [-0.25, -0.2) is 4.98 Å². The normalized spacial score (nSPS) is 18.8. The van der Waals surface area contributed by atoms with E-state index in [2.05, 4.69) is 45.7 Å². The second-order valence-corrected chi connectivity index (χ2v) is 5.92. The lowest BCUT2D eigenvalue weighted by Crippen LogP contribution is -2.70. The summed E-state index contributed by atoms with van der Waals surface area (Å²) in [4.78, 5) is 6.67. The number of hydrogen-bond acceptors (Lipinski definition) is 3. The van der Waals surface area contributed by atoms with E-state index in [1.165, 1.54) is 5.56 Å². The molecule has 0 saturated carbocycles. The summed E-state index contributed by atoms with van der Waals surface area (Å²) in [5, 5.41) is 0. The van der Waals surface area contributed by atoms with Crippen LogP contribution in [0, 0.1) is 12.8 Å². The molecular weight excluding hydrogens is 266 g/mol. The van der Waals surface area contributed by atoms with E-state index in [0.29, 0.717) is 5.92 Å². The molecule has 1 saturated heterocycles. The van der Waals surface area contributed by atoms with Crippen LogP contribution in [0.2, 0.25) is 0 Å². The summed E-state index contributed by atoms with van der Waals surface area (Å²) < 4.78 is 1.05. The van der Waals surface area contributed by atoms with E-state index < -0.39 is 0 Å². The Morgan fingerprint density at radius 2 is 2.12 bits per heavy atom. The van der Waals surface area contributed by atoms with Crippen LogP contribution in [0.4, 0.5) is 5.82 Å². The first-order valence-electron chi connectivity index (χ1n) is 5.58. The predicted molar refractivity (Wildman–Crippen MR) is 70.6 cm³/mol. The zero-order chi connectivity index (χ0) is 11.9. The highest BCUT2D eigenvalue weighted by atomic mass is 79.9. The van der Waals surface area contributed by atoms with E-state index >= 15 is 0 Å². The number of rotatable bonds is 2. The van der Waals surface area contributed by atoms with Crippen molar-refractivity contribution < 1.29 is 0 Å². The smallest absolute Gasteiger partial charge is 0.143 e. The van der Waals surface area contributed by atoms with Crippen molar-refractivity contribution in [2.24, 2.45) is 11.7 Å². The Kier molecular flexibility index (Phi) is 2.97. The molecule has 0 amide bonds. The number of nitrogens with zero attached hydrogens (tertiary/aromatic N) is 2. The van der Waals surface area contributed by atoms with Gasteiger partial charge < -0.3 is 10.6 Å². The summed E-state index contributed by atoms with van der Waals surface area (Å²) in [5.74, 6) is 1.51. The fourth-order valence-electron chi connectivity index (χ4n) is 1.94. The summed E-state index contributed by atoms with van der Waals surface area (Å²) in [6.07, 6.45) is 1.89. The molecule has 1 aromatic heterocycles. The lowest BCUT2D eigenvalue weighted by molar-refractivity contribution is 0.243. The van der Waals surface area contributed by atoms with E-state index in [-0.39, 0.29) is 5.54 Å². The van der Waals surface area contributed by atoms with Gasteiger partial charge in [-0.3, -0.25) is 0 Å². The molecule has 1 fully saturated rings. The predicted octanol–water partition coefficient (Wildman–Crippen LogP) is 2.33. The third-order valence-corrected chi connectivity index (χ3v) is 3.96. The Balaban J connectivity index is 2.12. The molecule has 0 aromatic carbocycles. The second-order valence-electron chi connectivity index (χ2n) is 5.06. The summed E-state index contributed by atoms with van der Waals surface area (Å²) >= 11 is 3.55. The minimum atomic E-state index is -0.0496. The molecule has 2 N–H and O–H groups in total. The molecular formula is C12H18BrN3. The van der Waals surface area contributed by atoms with E-state index in [1.54, 1.807) is 0 Å². The molecule has 0 bridgehead atoms. The van der Waals surface area contributed by atoms with Gasteiger partial charge in [0.05, 0.1) is 10.0 Å². The maximum atomic E-state index is 6.27. The largest absolute Gasteiger partial charge is 0.352 e. The zero-order valence-corrected chi connectivity index (χ0v) is 11.6. The van der Waals surface area contributed by atoms with Crippen LogP contribution in [-0.2, 0) is 0 Å². The molecule has 88 valence electrons. The number of halogens is 1. The van der Waals surface area contributed by atoms with Gasteiger partial charge in [0, 0.05) is 19.3 Å². The number of hydrogen-bond donors (Lipinski definition) is 1. The molecule has 0 spiro atoms. The van der Waals surface area contributed by atoms with Crippen molar-refractivity contribution in [2.45, 2.75) is 26.3 Å². The van der Waals surface area contributed by atoms with Crippen molar-refractivity contribution in [1.82, 2.24) is 4.98 Å². The number of aryl methyl sites for hydroxylation is 1. The Hall–Kier alpha value is -0.610. The van der Waals surface area contributed by atoms with E-state index in [1.807, 2.05) is 13.1 Å². The van der Waals surface area contributed by atoms with E-state index in [4.69, 9.17) is 5.73 Å². The molecule has 3 nitrogen and oxygen atoms in total. The van der Waals surface area contributed by atoms with Crippen LogP contribution in [0.3, 0.4) is 0 Å². The Morgan fingerprint density at radius 1 is 1.50 bits per heavy atom. The van der Waals surface area contributed by atoms with Crippen LogP contribution in [0.5, 0.6) is 0 Å². The fourth-order valence-corrected chi connectivity index (χ4v) is 2.65. The minimum absolute atomic E-state index is 0.0496. The average molecular weight is 284 g/mol. The highest BCUT2D eigenvalue weighted by Gasteiger charge is 2.42. The van der Waals surface area contributed by atoms with Crippen molar-refractivity contribution in [2.75, 3.05) is 18.0 Å². The van der Waals surface area contributed by atoms with Crippen molar-refractivity contribution in [3.8, 4) is 0 Å². The lowest BCUT2D eigenvalue weighted by atomic mass is 9.80. The van der Waals surface area contributed by atoms with Crippen LogP contribution in [0.25, 0.3) is 0 Å². The van der Waals surface area contributed by atoms with Crippen LogP contribution >= 0.6 is 15.9 Å². The van der Waals surface area contributed by atoms with E-state index in [9.17, 15) is 0 Å². The molecule has 0 unspecified atom stereocenters. The van der Waals surface area contributed by atoms with Gasteiger partial charge in [-0.15, -0.1) is 0 Å². The molecule has 4 heteroatoms. The molecule has 16 heavy (non-hydrogen) atoms. The van der Waals surface area contributed by atoms with Crippen molar-refractivity contribution in [3.63, 3.8) is 0 Å². The number of nitrogens with two attached hydrogens (primary N) is 1. The minimum Gasteiger partial charge on any atom is -0.352 e. The van der Waals surface area contributed by atoms with Crippen molar-refractivity contribution >= 4 is 21.7 Å². The number of anilines is 1. The van der Waals surface area contributed by atoms with Gasteiger partial charge in [-0.05, 0) is 40.4 Å². The number of pyridine rings is 1. The highest BCUT2D eigenvalue weighted by Crippen LogP contribution is 2.33. The van der Waals surface area contributed by atoms with Gasteiger partial charge in [-0.1, -0.05) is 13.8 Å². The quantitative estimate of drug-likeness (QED) is 0.906. The van der Waals surface area contributed by atoms with E-state index in [0.717, 1.165) is 23.4 Å². The molecule has 2 heterocycles. The third kappa shape index (κ3) is 1.96. The van der Waals surface area contributed by atoms with Crippen molar-refractivity contribution in [1.29, 1.82) is 0 Å². The Labute approximate surface area is 105 Å². The van der Waals surface area contributed by atoms with Crippen LogP contribution in [-0.4, -0.2) is 23.6 Å². The highest BCUT2D eigenvalue weighted by molar-refractivity contribution is 9.10. The summed E-state index contributed by atoms with van der Waals surface area (Å²) in [5.41, 5.74) is 7.38. The first-order chi connectivity index (χ1) is 7.42. The van der Waals surface area contributed by atoms with Gasteiger partial charge in [0.1, 0.15) is 5.82 Å². The Morgan fingerprint density at radius 3 is 2.62 bits per heavy atom. The second kappa shape index (κ2) is 4.00. The molecule has 0 radical (unpaired) electrons. The van der Waals surface area contributed by atoms with Gasteiger partial charge in [0.25, 0.3) is 0 Å². The van der Waals surface area contributed by atoms with Crippen LogP contribution in [0.1, 0.15) is 19.4 Å². The van der Waals surface area contributed by atoms with Crippen molar-refractivity contribution in [3.05, 3.63) is 22.3 Å². The maximum Gasteiger partial charge on any atom is 0.143 e. The maximum absolute atomic E-state index is 6.27. The van der Waals surface area contributed by atoms with Crippen LogP contribution < -0.4 is 10.6 Å². The monoisotopic (exact) mass is 283 g/mol. The molecule has 1 aliphatic rings. The summed E-state index contributed by atoms with van der Waals surface area (Å²) in [6, 6.07) is 2.09. The molecule has 0 atom stereocenters. The Bertz CT molecular complexity index is 397. The molecule has 1 aliphatic heterocycles. The molecule has 1 aromatic rings. The average Bonchev–Trinajstić information content (AvgIpc) is 2.13. The molecule has 2 rings (SSSR count). The lowest BCUT2D eigenvalue weighted by Gasteiger charge is -2.51. The SMILES string of the molecule is Cc1cnc(N2CC(N)(C(C)C)C2)c(Br)c1. The molecule has 0 aliphatic carbocycles. The van der Waals surface area contributed by atoms with Gasteiger partial charge in [0.15, 0.2) is 0 Å². The topological polar surface area (TPSA) is 42.2 Å². The fraction of sp³-hybridized carbons (Fsp3) is 0.583. The standard InChI is InChI=1S/C12H18BrN3/c1-8(2)12(14)6-16(7-12)11-10(13)4-9(3)5-15-11/h4-5,8H,6-7,14H2,1-3H3. The van der Waals surface area contributed by atoms with Gasteiger partial charge in [0.2, 0.25) is 0 Å². The third-order valence-electron chi connectivity index (χ3n) is 3.38. The first kappa shape index (κ1) is 11.9. The van der Waals surface area contributed by atoms with Crippen LogP contribution in [0.15, 0.2) is 16.7 Å². The summed E-state index contributed by atoms with van der Waals surface area (Å²) in [6.45, 7) is 8.17. The van der Waals surface area contributed by atoms with Gasteiger partial charge >= 0.3 is 0 Å².